The van der Waals surface area contributed by atoms with E-state index in [-0.39, 0.29) is 6.04 Å². The number of hydrogen-bond acceptors (Lipinski definition) is 3. The first-order valence-corrected chi connectivity index (χ1v) is 6.32. The fraction of sp³-hybridized carbons (Fsp3) is 0.300. The van der Waals surface area contributed by atoms with Gasteiger partial charge in [0.1, 0.15) is 5.82 Å². The van der Waals surface area contributed by atoms with Gasteiger partial charge in [-0.05, 0) is 19.9 Å². The molecular weight excluding hydrogens is 265 g/mol. The summed E-state index contributed by atoms with van der Waals surface area (Å²) in [7, 11) is 0. The number of hydrogen-bond donors (Lipinski definition) is 1. The molecular formula is C10H11Cl2N3S. The lowest BCUT2D eigenvalue weighted by atomic mass is 10.2. The standard InChI is InChI=1S/C10H11Cl2N3S/c1-5-4-14-15(10(5)13)6(2)7-3-8(11)16-9(7)12/h3-4,6H,13H2,1-2H3. The van der Waals surface area contributed by atoms with Crippen molar-refractivity contribution in [2.24, 2.45) is 0 Å². The zero-order valence-electron chi connectivity index (χ0n) is 8.87. The summed E-state index contributed by atoms with van der Waals surface area (Å²) in [4.78, 5) is 0. The van der Waals surface area contributed by atoms with E-state index >= 15 is 0 Å². The van der Waals surface area contributed by atoms with Crippen LogP contribution in [0.3, 0.4) is 0 Å². The van der Waals surface area contributed by atoms with E-state index < -0.39 is 0 Å². The molecule has 1 unspecified atom stereocenters. The van der Waals surface area contributed by atoms with Crippen molar-refractivity contribution in [1.82, 2.24) is 9.78 Å². The summed E-state index contributed by atoms with van der Waals surface area (Å²) < 4.78 is 3.11. The second-order valence-electron chi connectivity index (χ2n) is 3.61. The first-order chi connectivity index (χ1) is 7.50. The third kappa shape index (κ3) is 1.93. The first kappa shape index (κ1) is 11.8. The summed E-state index contributed by atoms with van der Waals surface area (Å²) in [6.45, 7) is 3.92. The van der Waals surface area contributed by atoms with Crippen LogP contribution in [0.4, 0.5) is 5.82 Å². The highest BCUT2D eigenvalue weighted by Crippen LogP contribution is 2.36. The summed E-state index contributed by atoms with van der Waals surface area (Å²) in [5.74, 6) is 0.658. The number of aryl methyl sites for hydroxylation is 1. The number of anilines is 1. The van der Waals surface area contributed by atoms with Gasteiger partial charge in [0.05, 0.1) is 20.9 Å². The molecule has 2 aromatic heterocycles. The molecule has 86 valence electrons. The molecule has 0 spiro atoms. The highest BCUT2D eigenvalue weighted by molar-refractivity contribution is 7.20. The summed E-state index contributed by atoms with van der Waals surface area (Å²) in [5.41, 5.74) is 7.84. The minimum absolute atomic E-state index is 0.00931. The molecule has 16 heavy (non-hydrogen) atoms. The first-order valence-electron chi connectivity index (χ1n) is 4.75. The smallest absolute Gasteiger partial charge is 0.125 e. The molecule has 0 radical (unpaired) electrons. The van der Waals surface area contributed by atoms with Gasteiger partial charge in [0, 0.05) is 11.1 Å². The Morgan fingerprint density at radius 1 is 1.50 bits per heavy atom. The number of halogens is 2. The quantitative estimate of drug-likeness (QED) is 0.907. The molecule has 2 N–H and O–H groups in total. The van der Waals surface area contributed by atoms with Gasteiger partial charge in [0.2, 0.25) is 0 Å². The van der Waals surface area contributed by atoms with Crippen molar-refractivity contribution in [3.63, 3.8) is 0 Å². The van der Waals surface area contributed by atoms with Crippen LogP contribution in [0, 0.1) is 6.92 Å². The van der Waals surface area contributed by atoms with Crippen molar-refractivity contribution in [2.45, 2.75) is 19.9 Å². The molecule has 0 amide bonds. The molecule has 0 aliphatic heterocycles. The Hall–Kier alpha value is -0.710. The van der Waals surface area contributed by atoms with E-state index in [0.29, 0.717) is 14.5 Å². The van der Waals surface area contributed by atoms with Crippen LogP contribution >= 0.6 is 34.5 Å². The van der Waals surface area contributed by atoms with Crippen molar-refractivity contribution in [1.29, 1.82) is 0 Å². The van der Waals surface area contributed by atoms with Crippen molar-refractivity contribution in [2.75, 3.05) is 5.73 Å². The topological polar surface area (TPSA) is 43.8 Å². The Morgan fingerprint density at radius 3 is 2.62 bits per heavy atom. The van der Waals surface area contributed by atoms with Crippen molar-refractivity contribution < 1.29 is 0 Å². The largest absolute Gasteiger partial charge is 0.384 e. The van der Waals surface area contributed by atoms with E-state index in [1.165, 1.54) is 11.3 Å². The third-order valence-corrected chi connectivity index (χ3v) is 4.04. The van der Waals surface area contributed by atoms with Gasteiger partial charge in [-0.15, -0.1) is 11.3 Å². The van der Waals surface area contributed by atoms with Gasteiger partial charge in [0.15, 0.2) is 0 Å². The molecule has 0 bridgehead atoms. The minimum Gasteiger partial charge on any atom is -0.384 e. The van der Waals surface area contributed by atoms with Crippen molar-refractivity contribution in [3.05, 3.63) is 32.1 Å². The molecule has 0 aromatic carbocycles. The zero-order chi connectivity index (χ0) is 11.9. The van der Waals surface area contributed by atoms with E-state index in [1.807, 2.05) is 19.9 Å². The second kappa shape index (κ2) is 4.28. The average Bonchev–Trinajstić information content (AvgIpc) is 2.71. The van der Waals surface area contributed by atoms with Gasteiger partial charge in [-0.3, -0.25) is 0 Å². The van der Waals surface area contributed by atoms with Crippen LogP contribution < -0.4 is 5.73 Å². The predicted molar refractivity (Wildman–Crippen MR) is 69.5 cm³/mol. The van der Waals surface area contributed by atoms with Gasteiger partial charge >= 0.3 is 0 Å². The molecule has 0 fully saturated rings. The fourth-order valence-electron chi connectivity index (χ4n) is 1.54. The van der Waals surface area contributed by atoms with Gasteiger partial charge < -0.3 is 5.73 Å². The summed E-state index contributed by atoms with van der Waals surface area (Å²) in [5, 5.41) is 4.24. The van der Waals surface area contributed by atoms with Gasteiger partial charge in [-0.25, -0.2) is 4.68 Å². The Labute approximate surface area is 108 Å². The third-order valence-electron chi connectivity index (χ3n) is 2.53. The lowest BCUT2D eigenvalue weighted by Gasteiger charge is -2.13. The van der Waals surface area contributed by atoms with Gasteiger partial charge in [0.25, 0.3) is 0 Å². The number of nitrogen functional groups attached to an aromatic ring is 1. The summed E-state index contributed by atoms with van der Waals surface area (Å²) in [6, 6.07) is 1.85. The highest BCUT2D eigenvalue weighted by Gasteiger charge is 2.17. The van der Waals surface area contributed by atoms with Crippen molar-refractivity contribution in [3.8, 4) is 0 Å². The molecule has 0 saturated carbocycles. The van der Waals surface area contributed by atoms with E-state index in [4.69, 9.17) is 28.9 Å². The second-order valence-corrected chi connectivity index (χ2v) is 5.90. The number of rotatable bonds is 2. The molecule has 0 aliphatic rings. The minimum atomic E-state index is -0.00931. The molecule has 3 nitrogen and oxygen atoms in total. The van der Waals surface area contributed by atoms with Crippen LogP contribution in [0.1, 0.15) is 24.1 Å². The van der Waals surface area contributed by atoms with E-state index in [0.717, 1.165) is 11.1 Å². The number of nitrogens with two attached hydrogens (primary N) is 1. The molecule has 2 heterocycles. The van der Waals surface area contributed by atoms with Crippen molar-refractivity contribution >= 4 is 40.4 Å². The van der Waals surface area contributed by atoms with Crippen LogP contribution in [0.15, 0.2) is 12.3 Å². The maximum atomic E-state index is 6.10. The predicted octanol–water partition coefficient (Wildman–Crippen LogP) is 3.75. The molecule has 2 aromatic rings. The fourth-order valence-corrected chi connectivity index (χ4v) is 3.17. The molecule has 2 rings (SSSR count). The number of nitrogens with zero attached hydrogens (tertiary/aromatic N) is 2. The Bertz CT molecular complexity index is 516. The average molecular weight is 276 g/mol. The van der Waals surface area contributed by atoms with E-state index in [9.17, 15) is 0 Å². The molecule has 1 atom stereocenters. The zero-order valence-corrected chi connectivity index (χ0v) is 11.2. The van der Waals surface area contributed by atoms with Crippen LogP contribution in [-0.4, -0.2) is 9.78 Å². The normalized spacial score (nSPS) is 13.0. The summed E-state index contributed by atoms with van der Waals surface area (Å²) >= 11 is 13.4. The number of thiophene rings is 1. The van der Waals surface area contributed by atoms with Gasteiger partial charge in [-0.2, -0.15) is 5.10 Å². The maximum Gasteiger partial charge on any atom is 0.125 e. The van der Waals surface area contributed by atoms with Gasteiger partial charge in [-0.1, -0.05) is 23.2 Å². The van der Waals surface area contributed by atoms with E-state index in [2.05, 4.69) is 5.10 Å². The molecule has 0 aliphatic carbocycles. The van der Waals surface area contributed by atoms with Crippen LogP contribution in [0.25, 0.3) is 0 Å². The monoisotopic (exact) mass is 275 g/mol. The van der Waals surface area contributed by atoms with Crippen LogP contribution in [-0.2, 0) is 0 Å². The van der Waals surface area contributed by atoms with E-state index in [1.54, 1.807) is 10.9 Å². The lowest BCUT2D eigenvalue weighted by molar-refractivity contribution is 0.574. The van der Waals surface area contributed by atoms with Crippen LogP contribution in [0.5, 0.6) is 0 Å². The summed E-state index contributed by atoms with van der Waals surface area (Å²) in [6.07, 6.45) is 1.74. The molecule has 0 saturated heterocycles. The Morgan fingerprint density at radius 2 is 2.19 bits per heavy atom. The van der Waals surface area contributed by atoms with Crippen LogP contribution in [0.2, 0.25) is 8.67 Å². The SMILES string of the molecule is Cc1cnn(C(C)c2cc(Cl)sc2Cl)c1N. The lowest BCUT2D eigenvalue weighted by Crippen LogP contribution is -2.11. The number of aromatic nitrogens is 2. The Kier molecular flexibility index (Phi) is 3.15. The Balaban J connectivity index is 2.42. The maximum absolute atomic E-state index is 6.10. The highest BCUT2D eigenvalue weighted by atomic mass is 35.5. The molecule has 6 heteroatoms.